The van der Waals surface area contributed by atoms with Crippen LogP contribution in [0.5, 0.6) is 0 Å². The monoisotopic (exact) mass is 770 g/mol. The molecule has 1 amide bonds. The zero-order valence-electron chi connectivity index (χ0n) is 29.7. The van der Waals surface area contributed by atoms with Gasteiger partial charge in [0.15, 0.2) is 0 Å². The highest BCUT2D eigenvalue weighted by Gasteiger charge is 2.39. The van der Waals surface area contributed by atoms with Crippen LogP contribution < -0.4 is 0 Å². The number of carbonyl (C=O) groups is 3. The predicted octanol–water partition coefficient (Wildman–Crippen LogP) is 8.80. The predicted molar refractivity (Wildman–Crippen MR) is 194 cm³/mol. The number of carbonyl (C=O) groups excluding carboxylic acids is 1. The van der Waals surface area contributed by atoms with E-state index in [4.69, 9.17) is 19.8 Å². The summed E-state index contributed by atoms with van der Waals surface area (Å²) in [6, 6.07) is 34.2. The number of piperazine rings is 1. The number of imidazole rings is 1. The fourth-order valence-electron chi connectivity index (χ4n) is 6.29. The van der Waals surface area contributed by atoms with Crippen molar-refractivity contribution in [3.63, 3.8) is 0 Å². The minimum absolute atomic E-state index is 0.137. The van der Waals surface area contributed by atoms with Crippen LogP contribution >= 0.6 is 0 Å². The molecule has 0 saturated carbocycles. The maximum atomic E-state index is 13.9. The first-order valence-corrected chi connectivity index (χ1v) is 17.4. The molecular weight excluding hydrogens is 730 g/mol. The number of fused-ring (bicyclic) bond motifs is 1. The molecule has 0 spiro atoms. The summed E-state index contributed by atoms with van der Waals surface area (Å²) >= 11 is 0. The Kier molecular flexibility index (Phi) is 14.6. The molecule has 4 aromatic carbocycles. The highest BCUT2D eigenvalue weighted by Crippen LogP contribution is 2.32. The van der Waals surface area contributed by atoms with Gasteiger partial charge in [0, 0.05) is 37.4 Å². The number of H-pyrrole nitrogens is 1. The Morgan fingerprint density at radius 2 is 1.38 bits per heavy atom. The Hall–Kier alpha value is -5.70. The van der Waals surface area contributed by atoms with Crippen LogP contribution in [0.1, 0.15) is 53.8 Å². The van der Waals surface area contributed by atoms with E-state index in [1.807, 2.05) is 30.5 Å². The van der Waals surface area contributed by atoms with Crippen LogP contribution in [0.25, 0.3) is 21.9 Å². The molecule has 2 heterocycles. The number of unbranched alkanes of at least 4 members (excludes halogenated alkanes) is 1. The number of alkyl halides is 6. The third kappa shape index (κ3) is 11.9. The van der Waals surface area contributed by atoms with Crippen LogP contribution in [0.4, 0.5) is 26.3 Å². The second kappa shape index (κ2) is 19.1. The first-order valence-electron chi connectivity index (χ1n) is 17.4. The molecule has 0 radical (unpaired) electrons. The molecule has 9 nitrogen and oxygen atoms in total. The van der Waals surface area contributed by atoms with Crippen molar-refractivity contribution in [2.45, 2.75) is 57.0 Å². The lowest BCUT2D eigenvalue weighted by molar-refractivity contribution is -0.193. The van der Waals surface area contributed by atoms with Gasteiger partial charge in [-0.15, -0.1) is 0 Å². The average Bonchev–Trinajstić information content (AvgIpc) is 3.71. The Labute approximate surface area is 313 Å². The number of benzene rings is 4. The third-order valence-corrected chi connectivity index (χ3v) is 8.98. The highest BCUT2D eigenvalue weighted by atomic mass is 19.4. The van der Waals surface area contributed by atoms with Gasteiger partial charge in [-0.3, -0.25) is 9.69 Å². The Morgan fingerprint density at radius 3 is 1.96 bits per heavy atom. The Bertz CT molecular complexity index is 1960. The van der Waals surface area contributed by atoms with Crippen molar-refractivity contribution >= 4 is 28.6 Å². The second-order valence-corrected chi connectivity index (χ2v) is 12.7. The molecular formula is C40H40F6N4O5. The molecule has 15 heteroatoms. The van der Waals surface area contributed by atoms with E-state index in [1.54, 1.807) is 6.33 Å². The molecule has 292 valence electrons. The number of aromatic nitrogens is 2. The number of amides is 1. The lowest BCUT2D eigenvalue weighted by atomic mass is 9.95. The number of nitrogens with one attached hydrogen (secondary N) is 1. The molecule has 6 rings (SSSR count). The summed E-state index contributed by atoms with van der Waals surface area (Å²) in [7, 11) is 0. The second-order valence-electron chi connectivity index (χ2n) is 12.7. The maximum Gasteiger partial charge on any atom is 0.490 e. The fourth-order valence-corrected chi connectivity index (χ4v) is 6.29. The zero-order valence-corrected chi connectivity index (χ0v) is 29.7. The number of aromatic amines is 1. The lowest BCUT2D eigenvalue weighted by Crippen LogP contribution is -2.56. The number of rotatable bonds is 9. The summed E-state index contributed by atoms with van der Waals surface area (Å²) in [5.74, 6) is -5.38. The number of hydrogen-bond acceptors (Lipinski definition) is 5. The van der Waals surface area contributed by atoms with Crippen LogP contribution in [0.2, 0.25) is 0 Å². The number of carboxylic acids is 2. The quantitative estimate of drug-likeness (QED) is 0.128. The van der Waals surface area contributed by atoms with Gasteiger partial charge in [0.1, 0.15) is 0 Å². The number of halogens is 6. The highest BCUT2D eigenvalue weighted by molar-refractivity contribution is 6.07. The van der Waals surface area contributed by atoms with E-state index in [0.29, 0.717) is 6.54 Å². The standard InChI is InChI=1S/C36H38N4O.2C2HF3O2/c1-2-3-14-31-25-39(36(41)33-16-9-13-30-12-7-8-15-32(30)33)21-22-40(31)35(34-24-37-26-38-34)23-27-17-19-29(20-18-27)28-10-5-4-6-11-28;2*3-2(4,5)1(6)7/h4-13,15-20,24,26,31,35H,2-3,14,21-23,25H2,1H3,(H,37,38);2*(H,6,7)/t31-,35?;;/m0../s1. The number of nitrogens with zero attached hydrogens (tertiary/aromatic N) is 3. The van der Waals surface area contributed by atoms with E-state index >= 15 is 0 Å². The molecule has 5 aromatic rings. The minimum Gasteiger partial charge on any atom is -0.475 e. The van der Waals surface area contributed by atoms with Gasteiger partial charge in [0.05, 0.1) is 18.1 Å². The smallest absolute Gasteiger partial charge is 0.475 e. The lowest BCUT2D eigenvalue weighted by Gasteiger charge is -2.45. The van der Waals surface area contributed by atoms with E-state index in [9.17, 15) is 31.1 Å². The summed E-state index contributed by atoms with van der Waals surface area (Å²) in [6.07, 6.45) is -2.20. The van der Waals surface area contributed by atoms with Crippen LogP contribution in [0.3, 0.4) is 0 Å². The van der Waals surface area contributed by atoms with Crippen molar-refractivity contribution in [3.8, 4) is 11.1 Å². The van der Waals surface area contributed by atoms with Gasteiger partial charge in [0.2, 0.25) is 0 Å². The minimum atomic E-state index is -5.08. The molecule has 1 aliphatic rings. The first-order chi connectivity index (χ1) is 26.1. The van der Waals surface area contributed by atoms with Gasteiger partial charge in [0.25, 0.3) is 5.91 Å². The SMILES string of the molecule is CCCC[C@H]1CN(C(=O)c2cccc3ccccc23)CCN1C(Cc1ccc(-c2ccccc2)cc1)c1cnc[nH]1.O=C(O)C(F)(F)F.O=C(O)C(F)(F)F. The van der Waals surface area contributed by atoms with E-state index < -0.39 is 24.3 Å². The number of aliphatic carboxylic acids is 2. The van der Waals surface area contributed by atoms with E-state index in [0.717, 1.165) is 60.8 Å². The summed E-state index contributed by atoms with van der Waals surface area (Å²) < 4.78 is 63.5. The van der Waals surface area contributed by atoms with Crippen molar-refractivity contribution in [2.24, 2.45) is 0 Å². The molecule has 0 bridgehead atoms. The summed E-state index contributed by atoms with van der Waals surface area (Å²) in [5.41, 5.74) is 5.69. The largest absolute Gasteiger partial charge is 0.490 e. The van der Waals surface area contributed by atoms with Crippen molar-refractivity contribution in [1.82, 2.24) is 19.8 Å². The molecule has 1 fully saturated rings. The molecule has 1 unspecified atom stereocenters. The van der Waals surface area contributed by atoms with E-state index in [1.165, 1.54) is 16.7 Å². The molecule has 55 heavy (non-hydrogen) atoms. The average molecular weight is 771 g/mol. The van der Waals surface area contributed by atoms with Crippen LogP contribution in [0, 0.1) is 0 Å². The molecule has 2 atom stereocenters. The normalized spacial score (nSPS) is 15.3. The van der Waals surface area contributed by atoms with Gasteiger partial charge in [-0.1, -0.05) is 111 Å². The first kappa shape index (κ1) is 42.0. The molecule has 1 aromatic heterocycles. The third-order valence-electron chi connectivity index (χ3n) is 8.98. The van der Waals surface area contributed by atoms with Crippen molar-refractivity contribution < 1.29 is 50.9 Å². The Morgan fingerprint density at radius 1 is 0.800 bits per heavy atom. The number of hydrogen-bond donors (Lipinski definition) is 3. The fraction of sp³-hybridized carbons (Fsp3) is 0.300. The van der Waals surface area contributed by atoms with Crippen LogP contribution in [-0.2, 0) is 16.0 Å². The van der Waals surface area contributed by atoms with Crippen LogP contribution in [0.15, 0.2) is 110 Å². The molecule has 3 N–H and O–H groups in total. The Balaban J connectivity index is 0.000000410. The summed E-state index contributed by atoms with van der Waals surface area (Å²) in [5, 5.41) is 16.4. The van der Waals surface area contributed by atoms with Crippen LogP contribution in [-0.4, -0.2) is 85.9 Å². The van der Waals surface area contributed by atoms with Gasteiger partial charge >= 0.3 is 24.3 Å². The van der Waals surface area contributed by atoms with E-state index in [2.05, 4.69) is 99.5 Å². The van der Waals surface area contributed by atoms with Crippen molar-refractivity contribution in [1.29, 1.82) is 0 Å². The zero-order chi connectivity index (χ0) is 40.2. The van der Waals surface area contributed by atoms with Crippen molar-refractivity contribution in [3.05, 3.63) is 126 Å². The van der Waals surface area contributed by atoms with Gasteiger partial charge in [-0.2, -0.15) is 26.3 Å². The van der Waals surface area contributed by atoms with Crippen molar-refractivity contribution in [2.75, 3.05) is 19.6 Å². The van der Waals surface area contributed by atoms with E-state index in [-0.39, 0.29) is 18.0 Å². The van der Waals surface area contributed by atoms with Gasteiger partial charge < -0.3 is 20.1 Å². The van der Waals surface area contributed by atoms with Gasteiger partial charge in [-0.05, 0) is 46.4 Å². The molecule has 1 aliphatic heterocycles. The summed E-state index contributed by atoms with van der Waals surface area (Å²) in [6.45, 7) is 4.52. The maximum absolute atomic E-state index is 13.9. The summed E-state index contributed by atoms with van der Waals surface area (Å²) in [4.78, 5) is 44.2. The topological polar surface area (TPSA) is 127 Å². The molecule has 0 aliphatic carbocycles. The number of carboxylic acid groups (broad SMARTS) is 2. The van der Waals surface area contributed by atoms with Gasteiger partial charge in [-0.25, -0.2) is 14.6 Å². The molecule has 1 saturated heterocycles.